The summed E-state index contributed by atoms with van der Waals surface area (Å²) < 4.78 is 29.5. The second kappa shape index (κ2) is 9.38. The highest BCUT2D eigenvalue weighted by Crippen LogP contribution is 2.38. The number of benzene rings is 2. The lowest BCUT2D eigenvalue weighted by Gasteiger charge is -2.14. The maximum absolute atomic E-state index is 13.9. The number of carbonyl (C=O) groups excluding carboxylic acids is 2. The first-order chi connectivity index (χ1) is 13.4. The van der Waals surface area contributed by atoms with Gasteiger partial charge in [0.05, 0.1) is 21.3 Å². The van der Waals surface area contributed by atoms with Gasteiger partial charge < -0.3 is 19.5 Å². The van der Waals surface area contributed by atoms with Gasteiger partial charge in [0.2, 0.25) is 5.75 Å². The molecule has 148 valence electrons. The first-order valence-corrected chi connectivity index (χ1v) is 8.03. The molecule has 2 amide bonds. The number of ether oxygens (including phenoxy) is 3. The smallest absolute Gasteiger partial charge is 0.281 e. The monoisotopic (exact) mass is 389 g/mol. The van der Waals surface area contributed by atoms with Crippen LogP contribution in [0.15, 0.2) is 42.1 Å². The molecule has 0 atom stereocenters. The fourth-order valence-corrected chi connectivity index (χ4v) is 2.39. The van der Waals surface area contributed by atoms with Crippen LogP contribution in [0.5, 0.6) is 17.2 Å². The Morgan fingerprint density at radius 2 is 1.64 bits per heavy atom. The van der Waals surface area contributed by atoms with Gasteiger partial charge in [-0.1, -0.05) is 18.2 Å². The van der Waals surface area contributed by atoms with Crippen LogP contribution in [0.1, 0.15) is 15.9 Å². The van der Waals surface area contributed by atoms with Gasteiger partial charge in [-0.25, -0.2) is 10.2 Å². The highest BCUT2D eigenvalue weighted by atomic mass is 19.1. The van der Waals surface area contributed by atoms with Gasteiger partial charge in [-0.05, 0) is 24.3 Å². The Bertz CT molecular complexity index is 889. The molecule has 0 aliphatic heterocycles. The molecule has 28 heavy (non-hydrogen) atoms. The summed E-state index contributed by atoms with van der Waals surface area (Å²) in [7, 11) is 4.25. The topological polar surface area (TPSA) is 112 Å². The van der Waals surface area contributed by atoms with Crippen molar-refractivity contribution in [3.8, 4) is 17.2 Å². The van der Waals surface area contributed by atoms with Crippen LogP contribution < -0.4 is 30.8 Å². The van der Waals surface area contributed by atoms with Crippen molar-refractivity contribution in [2.75, 3.05) is 21.3 Å². The number of halogens is 1. The number of nitrogens with one attached hydrogen (secondary N) is 2. The zero-order valence-electron chi connectivity index (χ0n) is 15.5. The first kappa shape index (κ1) is 20.7. The zero-order chi connectivity index (χ0) is 20.7. The van der Waals surface area contributed by atoms with Crippen molar-refractivity contribution in [1.29, 1.82) is 0 Å². The third-order valence-electron chi connectivity index (χ3n) is 3.76. The Labute approximate surface area is 161 Å². The maximum Gasteiger partial charge on any atom is 0.281 e. The quantitative estimate of drug-likeness (QED) is 0.287. The van der Waals surface area contributed by atoms with E-state index in [0.717, 1.165) is 0 Å². The van der Waals surface area contributed by atoms with E-state index in [2.05, 4.69) is 5.32 Å². The number of amides is 2. The Kier molecular flexibility index (Phi) is 6.94. The highest BCUT2D eigenvalue weighted by molar-refractivity contribution is 6.05. The normalized spacial score (nSPS) is 10.8. The molecule has 4 N–H and O–H groups in total. The van der Waals surface area contributed by atoms with Crippen LogP contribution in [0, 0.1) is 5.82 Å². The van der Waals surface area contributed by atoms with Crippen molar-refractivity contribution < 1.29 is 28.2 Å². The summed E-state index contributed by atoms with van der Waals surface area (Å²) in [5, 5.41) is 2.41. The number of rotatable bonds is 7. The Hall–Kier alpha value is -3.59. The average molecular weight is 389 g/mol. The van der Waals surface area contributed by atoms with E-state index in [-0.39, 0.29) is 28.3 Å². The molecule has 0 aliphatic carbocycles. The number of carbonyl (C=O) groups is 2. The predicted molar refractivity (Wildman–Crippen MR) is 100 cm³/mol. The molecule has 0 bridgehead atoms. The lowest BCUT2D eigenvalue weighted by molar-refractivity contribution is -0.117. The number of hydrogen-bond donors (Lipinski definition) is 3. The average Bonchev–Trinajstić information content (AvgIpc) is 2.72. The van der Waals surface area contributed by atoms with Gasteiger partial charge in [0.1, 0.15) is 11.5 Å². The highest BCUT2D eigenvalue weighted by Gasteiger charge is 2.19. The van der Waals surface area contributed by atoms with Crippen molar-refractivity contribution in [3.63, 3.8) is 0 Å². The van der Waals surface area contributed by atoms with Crippen LogP contribution in [0.3, 0.4) is 0 Å². The minimum Gasteiger partial charge on any atom is -0.493 e. The summed E-state index contributed by atoms with van der Waals surface area (Å²) in [5.41, 5.74) is 1.89. The molecule has 8 nitrogen and oxygen atoms in total. The van der Waals surface area contributed by atoms with Crippen LogP contribution >= 0.6 is 0 Å². The molecule has 2 aromatic carbocycles. The largest absolute Gasteiger partial charge is 0.493 e. The maximum atomic E-state index is 13.9. The van der Waals surface area contributed by atoms with Crippen LogP contribution in [0.2, 0.25) is 0 Å². The van der Waals surface area contributed by atoms with Crippen LogP contribution in [-0.4, -0.2) is 33.1 Å². The molecule has 2 aromatic rings. The van der Waals surface area contributed by atoms with E-state index in [1.165, 1.54) is 57.7 Å². The fourth-order valence-electron chi connectivity index (χ4n) is 2.39. The van der Waals surface area contributed by atoms with Gasteiger partial charge >= 0.3 is 0 Å². The summed E-state index contributed by atoms with van der Waals surface area (Å²) >= 11 is 0. The molecule has 0 aromatic heterocycles. The third kappa shape index (κ3) is 4.57. The van der Waals surface area contributed by atoms with Gasteiger partial charge in [-0.3, -0.25) is 15.0 Å². The SMILES string of the molecule is COc1cc(C(=O)N/C(=C/c2ccccc2F)C(=O)NN)cc(OC)c1OC. The van der Waals surface area contributed by atoms with Crippen molar-refractivity contribution in [2.24, 2.45) is 5.84 Å². The van der Waals surface area contributed by atoms with Gasteiger partial charge in [0, 0.05) is 11.1 Å². The lowest BCUT2D eigenvalue weighted by Crippen LogP contribution is -2.38. The number of methoxy groups -OCH3 is 3. The lowest BCUT2D eigenvalue weighted by atomic mass is 10.1. The summed E-state index contributed by atoms with van der Waals surface area (Å²) in [6.07, 6.45) is 1.17. The summed E-state index contributed by atoms with van der Waals surface area (Å²) in [5.74, 6) is 3.97. The van der Waals surface area contributed by atoms with Gasteiger partial charge in [0.25, 0.3) is 11.8 Å². The van der Waals surface area contributed by atoms with E-state index in [9.17, 15) is 14.0 Å². The molecule has 2 rings (SSSR count). The van der Waals surface area contributed by atoms with Crippen LogP contribution in [-0.2, 0) is 4.79 Å². The van der Waals surface area contributed by atoms with Crippen LogP contribution in [0.25, 0.3) is 6.08 Å². The van der Waals surface area contributed by atoms with Crippen molar-refractivity contribution in [2.45, 2.75) is 0 Å². The van der Waals surface area contributed by atoms with Crippen molar-refractivity contribution in [1.82, 2.24) is 10.7 Å². The molecule has 0 aliphatic rings. The Balaban J connectivity index is 2.42. The standard InChI is InChI=1S/C19H20FN3O5/c1-26-15-9-12(10-16(27-2)17(15)28-3)18(24)22-14(19(25)23-21)8-11-6-4-5-7-13(11)20/h4-10H,21H2,1-3H3,(H,22,24)(H,23,25)/b14-8+. The van der Waals surface area contributed by atoms with Crippen LogP contribution in [0.4, 0.5) is 4.39 Å². The van der Waals surface area contributed by atoms with Crippen molar-refractivity contribution in [3.05, 3.63) is 59.0 Å². The van der Waals surface area contributed by atoms with Crippen molar-refractivity contribution >= 4 is 17.9 Å². The Morgan fingerprint density at radius 3 is 2.14 bits per heavy atom. The third-order valence-corrected chi connectivity index (χ3v) is 3.76. The van der Waals surface area contributed by atoms with E-state index in [1.54, 1.807) is 6.07 Å². The van der Waals surface area contributed by atoms with E-state index < -0.39 is 17.6 Å². The van der Waals surface area contributed by atoms with E-state index in [1.807, 2.05) is 5.43 Å². The number of hydrazine groups is 1. The molecule has 0 unspecified atom stereocenters. The van der Waals surface area contributed by atoms with Gasteiger partial charge in [-0.15, -0.1) is 0 Å². The van der Waals surface area contributed by atoms with E-state index >= 15 is 0 Å². The fraction of sp³-hybridized carbons (Fsp3) is 0.158. The molecule has 0 radical (unpaired) electrons. The van der Waals surface area contributed by atoms with E-state index in [4.69, 9.17) is 20.1 Å². The second-order valence-corrected chi connectivity index (χ2v) is 5.42. The second-order valence-electron chi connectivity index (χ2n) is 5.42. The molecular formula is C19H20FN3O5. The zero-order valence-corrected chi connectivity index (χ0v) is 15.5. The minimum absolute atomic E-state index is 0.103. The van der Waals surface area contributed by atoms with Gasteiger partial charge in [-0.2, -0.15) is 0 Å². The van der Waals surface area contributed by atoms with E-state index in [0.29, 0.717) is 5.75 Å². The van der Waals surface area contributed by atoms with Gasteiger partial charge in [0.15, 0.2) is 11.5 Å². The molecule has 0 saturated carbocycles. The Morgan fingerprint density at radius 1 is 1.04 bits per heavy atom. The summed E-state index contributed by atoms with van der Waals surface area (Å²) in [4.78, 5) is 24.7. The molecular weight excluding hydrogens is 369 g/mol. The molecule has 0 heterocycles. The molecule has 0 spiro atoms. The first-order valence-electron chi connectivity index (χ1n) is 8.03. The molecule has 0 fully saturated rings. The molecule has 9 heteroatoms. The minimum atomic E-state index is -0.802. The molecule has 0 saturated heterocycles. The summed E-state index contributed by atoms with van der Waals surface area (Å²) in [6, 6.07) is 8.60. The summed E-state index contributed by atoms with van der Waals surface area (Å²) in [6.45, 7) is 0. The number of hydrogen-bond acceptors (Lipinski definition) is 6. The number of nitrogens with two attached hydrogens (primary N) is 1. The predicted octanol–water partition coefficient (Wildman–Crippen LogP) is 1.61.